The second-order valence-corrected chi connectivity index (χ2v) is 6.45. The third kappa shape index (κ3) is 3.49. The van der Waals surface area contributed by atoms with Crippen molar-refractivity contribution in [3.05, 3.63) is 53.6 Å². The Labute approximate surface area is 166 Å². The molecule has 3 aromatic rings. The van der Waals surface area contributed by atoms with Crippen LogP contribution in [-0.4, -0.2) is 45.3 Å². The Morgan fingerprint density at radius 2 is 2.00 bits per heavy atom. The summed E-state index contributed by atoms with van der Waals surface area (Å²) < 4.78 is 4.74. The molecule has 29 heavy (non-hydrogen) atoms. The first-order chi connectivity index (χ1) is 14.1. The summed E-state index contributed by atoms with van der Waals surface area (Å²) in [6.07, 6.45) is 0.600. The Hall–Kier alpha value is -3.88. The van der Waals surface area contributed by atoms with Gasteiger partial charge in [0.2, 0.25) is 11.7 Å². The van der Waals surface area contributed by atoms with Gasteiger partial charge in [-0.3, -0.25) is 9.79 Å². The van der Waals surface area contributed by atoms with Crippen LogP contribution in [-0.2, 0) is 9.53 Å². The molecule has 1 aromatic heterocycles. The molecule has 0 aliphatic carbocycles. The summed E-state index contributed by atoms with van der Waals surface area (Å²) >= 11 is 0. The maximum absolute atomic E-state index is 12.6. The highest BCUT2D eigenvalue weighted by Crippen LogP contribution is 2.36. The van der Waals surface area contributed by atoms with E-state index in [-0.39, 0.29) is 5.91 Å². The average molecular weight is 390 g/mol. The maximum Gasteiger partial charge on any atom is 0.337 e. The summed E-state index contributed by atoms with van der Waals surface area (Å²) in [7, 11) is 1.32. The quantitative estimate of drug-likeness (QED) is 0.510. The summed E-state index contributed by atoms with van der Waals surface area (Å²) in [6.45, 7) is 1.96. The monoisotopic (exact) mass is 390 g/mol. The number of tetrazole rings is 1. The molecular formula is C20H18N6O3. The smallest absolute Gasteiger partial charge is 0.337 e. The van der Waals surface area contributed by atoms with Crippen molar-refractivity contribution in [1.29, 1.82) is 0 Å². The molecule has 0 radical (unpaired) electrons. The van der Waals surface area contributed by atoms with Gasteiger partial charge in [0.15, 0.2) is 0 Å². The number of aliphatic imine (C=N–C) groups is 1. The molecule has 2 N–H and O–H groups in total. The van der Waals surface area contributed by atoms with Crippen LogP contribution < -0.4 is 5.32 Å². The van der Waals surface area contributed by atoms with Crippen molar-refractivity contribution in [3.8, 4) is 11.4 Å². The molecule has 2 heterocycles. The summed E-state index contributed by atoms with van der Waals surface area (Å²) in [4.78, 5) is 29.1. The van der Waals surface area contributed by atoms with Crippen LogP contribution in [0.2, 0.25) is 0 Å². The van der Waals surface area contributed by atoms with Gasteiger partial charge >= 0.3 is 5.97 Å². The standard InChI is InChI=1S/C20H18N6O3/c1-3-15(21-13-7-4-11(5-8-13)18-23-25-26-24-18)17-14-9-6-12(20(28)29-2)10-16(14)22-19(17)27/h4-10,17H,3H2,1-2H3,(H,22,27)(H,23,24,25,26). The predicted octanol–water partition coefficient (Wildman–Crippen LogP) is 2.87. The molecule has 146 valence electrons. The number of ether oxygens (including phenoxy) is 1. The van der Waals surface area contributed by atoms with Crippen molar-refractivity contribution >= 4 is 29.0 Å². The lowest BCUT2D eigenvalue weighted by molar-refractivity contribution is -0.115. The highest BCUT2D eigenvalue weighted by molar-refractivity contribution is 6.19. The molecule has 0 bridgehead atoms. The Morgan fingerprint density at radius 1 is 1.21 bits per heavy atom. The molecule has 0 fully saturated rings. The highest BCUT2D eigenvalue weighted by atomic mass is 16.5. The van der Waals surface area contributed by atoms with Crippen LogP contribution in [0.3, 0.4) is 0 Å². The van der Waals surface area contributed by atoms with E-state index < -0.39 is 11.9 Å². The Kier molecular flexibility index (Phi) is 4.86. The lowest BCUT2D eigenvalue weighted by atomic mass is 9.93. The summed E-state index contributed by atoms with van der Waals surface area (Å²) in [5, 5.41) is 16.7. The lowest BCUT2D eigenvalue weighted by Gasteiger charge is -2.12. The number of aromatic amines is 1. The molecule has 1 atom stereocenters. The maximum atomic E-state index is 12.6. The number of methoxy groups -OCH3 is 1. The molecule has 9 nitrogen and oxygen atoms in total. The van der Waals surface area contributed by atoms with Gasteiger partial charge in [-0.25, -0.2) is 4.79 Å². The second-order valence-electron chi connectivity index (χ2n) is 6.45. The van der Waals surface area contributed by atoms with E-state index in [0.717, 1.165) is 22.5 Å². The predicted molar refractivity (Wildman–Crippen MR) is 106 cm³/mol. The molecule has 4 rings (SSSR count). The summed E-state index contributed by atoms with van der Waals surface area (Å²) in [6, 6.07) is 12.4. The number of esters is 1. The number of aromatic nitrogens is 4. The molecule has 0 saturated carbocycles. The molecular weight excluding hydrogens is 372 g/mol. The third-order valence-electron chi connectivity index (χ3n) is 4.74. The van der Waals surface area contributed by atoms with Crippen molar-refractivity contribution in [2.75, 3.05) is 12.4 Å². The topological polar surface area (TPSA) is 122 Å². The number of carbonyl (C=O) groups excluding carboxylic acids is 2. The first-order valence-corrected chi connectivity index (χ1v) is 9.05. The van der Waals surface area contributed by atoms with E-state index in [0.29, 0.717) is 23.5 Å². The molecule has 1 aliphatic heterocycles. The number of rotatable bonds is 5. The fraction of sp³-hybridized carbons (Fsp3) is 0.200. The number of nitrogens with zero attached hydrogens (tertiary/aromatic N) is 4. The van der Waals surface area contributed by atoms with E-state index in [4.69, 9.17) is 9.73 Å². The Bertz CT molecular complexity index is 1090. The van der Waals surface area contributed by atoms with Crippen LogP contribution in [0.15, 0.2) is 47.5 Å². The number of carbonyl (C=O) groups is 2. The van der Waals surface area contributed by atoms with Gasteiger partial charge in [0.25, 0.3) is 0 Å². The van der Waals surface area contributed by atoms with Crippen LogP contribution >= 0.6 is 0 Å². The third-order valence-corrected chi connectivity index (χ3v) is 4.74. The molecule has 1 aliphatic rings. The molecule has 2 aromatic carbocycles. The minimum atomic E-state index is -0.501. The van der Waals surface area contributed by atoms with Crippen molar-refractivity contribution in [1.82, 2.24) is 20.6 Å². The minimum absolute atomic E-state index is 0.161. The van der Waals surface area contributed by atoms with Crippen LogP contribution in [0.25, 0.3) is 11.4 Å². The fourth-order valence-electron chi connectivity index (χ4n) is 3.32. The van der Waals surface area contributed by atoms with Gasteiger partial charge < -0.3 is 10.1 Å². The number of fused-ring (bicyclic) bond motifs is 1. The first-order valence-electron chi connectivity index (χ1n) is 9.05. The molecule has 1 amide bonds. The summed E-state index contributed by atoms with van der Waals surface area (Å²) in [5.41, 5.74) is 4.07. The molecule has 1 unspecified atom stereocenters. The van der Waals surface area contributed by atoms with Gasteiger partial charge in [0.1, 0.15) is 5.92 Å². The van der Waals surface area contributed by atoms with E-state index in [2.05, 4.69) is 25.9 Å². The average Bonchev–Trinajstić information content (AvgIpc) is 3.39. The number of anilines is 1. The first kappa shape index (κ1) is 18.5. The van der Waals surface area contributed by atoms with E-state index in [1.807, 2.05) is 31.2 Å². The van der Waals surface area contributed by atoms with Crippen LogP contribution in [0.5, 0.6) is 0 Å². The lowest BCUT2D eigenvalue weighted by Crippen LogP contribution is -2.20. The van der Waals surface area contributed by atoms with E-state index in [1.165, 1.54) is 7.11 Å². The van der Waals surface area contributed by atoms with Crippen molar-refractivity contribution < 1.29 is 14.3 Å². The zero-order valence-electron chi connectivity index (χ0n) is 15.8. The highest BCUT2D eigenvalue weighted by Gasteiger charge is 2.34. The zero-order chi connectivity index (χ0) is 20.4. The van der Waals surface area contributed by atoms with Gasteiger partial charge in [-0.1, -0.05) is 13.0 Å². The van der Waals surface area contributed by atoms with E-state index >= 15 is 0 Å². The zero-order valence-corrected chi connectivity index (χ0v) is 15.8. The number of H-pyrrole nitrogens is 1. The van der Waals surface area contributed by atoms with Crippen molar-refractivity contribution in [3.63, 3.8) is 0 Å². The van der Waals surface area contributed by atoms with Crippen LogP contribution in [0.1, 0.15) is 35.2 Å². The van der Waals surface area contributed by atoms with Crippen LogP contribution in [0.4, 0.5) is 11.4 Å². The number of amides is 1. The minimum Gasteiger partial charge on any atom is -0.465 e. The van der Waals surface area contributed by atoms with E-state index in [1.54, 1.807) is 18.2 Å². The number of hydrogen-bond acceptors (Lipinski definition) is 7. The number of hydrogen-bond donors (Lipinski definition) is 2. The van der Waals surface area contributed by atoms with Gasteiger partial charge in [-0.2, -0.15) is 5.21 Å². The van der Waals surface area contributed by atoms with Gasteiger partial charge in [-0.15, -0.1) is 10.2 Å². The summed E-state index contributed by atoms with van der Waals surface area (Å²) in [5.74, 6) is -0.608. The molecule has 0 saturated heterocycles. The van der Waals surface area contributed by atoms with Gasteiger partial charge in [0, 0.05) is 17.0 Å². The van der Waals surface area contributed by atoms with Crippen LogP contribution in [0, 0.1) is 0 Å². The Balaban J connectivity index is 1.64. The normalized spacial score (nSPS) is 15.7. The van der Waals surface area contributed by atoms with E-state index in [9.17, 15) is 9.59 Å². The van der Waals surface area contributed by atoms with Crippen molar-refractivity contribution in [2.45, 2.75) is 19.3 Å². The van der Waals surface area contributed by atoms with Crippen molar-refractivity contribution in [2.24, 2.45) is 4.99 Å². The molecule has 0 spiro atoms. The number of nitrogens with one attached hydrogen (secondary N) is 2. The van der Waals surface area contributed by atoms with Gasteiger partial charge in [0.05, 0.1) is 18.4 Å². The second kappa shape index (κ2) is 7.63. The molecule has 9 heteroatoms. The SMILES string of the molecule is CCC(=Nc1ccc(-c2nn[nH]n2)cc1)C1C(=O)Nc2cc(C(=O)OC)ccc21. The largest absolute Gasteiger partial charge is 0.465 e. The Morgan fingerprint density at radius 3 is 2.66 bits per heavy atom. The fourth-order valence-corrected chi connectivity index (χ4v) is 3.32. The van der Waals surface area contributed by atoms with Gasteiger partial charge in [-0.05, 0) is 53.6 Å². The number of benzene rings is 2.